The highest BCUT2D eigenvalue weighted by Crippen LogP contribution is 2.37. The maximum absolute atomic E-state index is 9.72. The van der Waals surface area contributed by atoms with E-state index in [0.29, 0.717) is 11.3 Å². The summed E-state index contributed by atoms with van der Waals surface area (Å²) in [6.07, 6.45) is 0. The van der Waals surface area contributed by atoms with Crippen molar-refractivity contribution in [2.45, 2.75) is 34.6 Å². The Bertz CT molecular complexity index is 808. The molecule has 0 saturated carbocycles. The van der Waals surface area contributed by atoms with Gasteiger partial charge in [0.1, 0.15) is 17.4 Å². The van der Waals surface area contributed by atoms with Crippen LogP contribution in [-0.4, -0.2) is 17.8 Å². The lowest BCUT2D eigenvalue weighted by atomic mass is 9.97. The van der Waals surface area contributed by atoms with Crippen molar-refractivity contribution < 1.29 is 4.65 Å². The fraction of sp³-hybridized carbons (Fsp3) is 0.375. The largest absolute Gasteiger partial charge is 0.566 e. The van der Waals surface area contributed by atoms with Crippen LogP contribution in [0.3, 0.4) is 0 Å². The van der Waals surface area contributed by atoms with Crippen molar-refractivity contribution in [2.24, 2.45) is 7.05 Å². The Kier molecular flexibility index (Phi) is 4.48. The molecule has 0 N–H and O–H groups in total. The number of aryl methyl sites for hydroxylation is 4. The molecule has 0 saturated heterocycles. The molecule has 0 aliphatic heterocycles. The van der Waals surface area contributed by atoms with Gasteiger partial charge < -0.3 is 4.65 Å². The van der Waals surface area contributed by atoms with Gasteiger partial charge >= 0.3 is 8.05 Å². The van der Waals surface area contributed by atoms with E-state index in [2.05, 4.69) is 18.1 Å². The monoisotopic (exact) mass is 311 g/mol. The maximum atomic E-state index is 9.72. The zero-order valence-electron chi connectivity index (χ0n) is 13.7. The predicted molar refractivity (Wildman–Crippen MR) is 90.5 cm³/mol. The normalized spacial score (nSPS) is 12.0. The molecule has 112 valence electrons. The Morgan fingerprint density at radius 1 is 1.18 bits per heavy atom. The van der Waals surface area contributed by atoms with Crippen LogP contribution in [0.2, 0.25) is 0 Å². The van der Waals surface area contributed by atoms with Crippen LogP contribution < -0.4 is 0 Å². The zero-order chi connectivity index (χ0) is 16.6. The van der Waals surface area contributed by atoms with Crippen molar-refractivity contribution in [3.8, 4) is 6.07 Å². The van der Waals surface area contributed by atoms with Crippen LogP contribution in [0.4, 0.5) is 0 Å². The van der Waals surface area contributed by atoms with Crippen LogP contribution >= 0.6 is 11.3 Å². The first-order valence-corrected chi connectivity index (χ1v) is 7.73. The van der Waals surface area contributed by atoms with Gasteiger partial charge in [0.05, 0.1) is 11.3 Å². The summed E-state index contributed by atoms with van der Waals surface area (Å²) in [5.74, 6) is 0.384. The molecule has 2 radical (unpaired) electrons. The van der Waals surface area contributed by atoms with Crippen LogP contribution in [0.1, 0.15) is 37.8 Å². The summed E-state index contributed by atoms with van der Waals surface area (Å²) in [6, 6.07) is 2.27. The summed E-state index contributed by atoms with van der Waals surface area (Å²) in [4.78, 5) is 2.27. The Labute approximate surface area is 136 Å². The topological polar surface area (TPSA) is 50.8 Å². The van der Waals surface area contributed by atoms with E-state index in [9.17, 15) is 5.26 Å². The van der Waals surface area contributed by atoms with Crippen molar-refractivity contribution in [2.75, 3.05) is 0 Å². The number of allylic oxidation sites excluding steroid dienone is 1. The Morgan fingerprint density at radius 3 is 2.18 bits per heavy atom. The Hall–Kier alpha value is -2.00. The Balaban J connectivity index is 2.83. The van der Waals surface area contributed by atoms with E-state index in [4.69, 9.17) is 12.7 Å². The number of rotatable bonds is 3. The predicted octanol–water partition coefficient (Wildman–Crippen LogP) is 3.52. The third-order valence-corrected chi connectivity index (χ3v) is 5.13. The first kappa shape index (κ1) is 16.4. The van der Waals surface area contributed by atoms with E-state index in [1.165, 1.54) is 4.88 Å². The van der Waals surface area contributed by atoms with Crippen molar-refractivity contribution >= 4 is 30.7 Å². The molecule has 0 bridgehead atoms. The van der Waals surface area contributed by atoms with Crippen LogP contribution in [0.15, 0.2) is 0 Å². The number of nitrogens with zero attached hydrogens (tertiary/aromatic N) is 3. The second-order valence-electron chi connectivity index (χ2n) is 5.32. The van der Waals surface area contributed by atoms with Crippen molar-refractivity contribution in [1.29, 1.82) is 5.26 Å². The van der Waals surface area contributed by atoms with Crippen LogP contribution in [0.5, 0.6) is 0 Å². The van der Waals surface area contributed by atoms with E-state index in [-0.39, 0.29) is 0 Å². The summed E-state index contributed by atoms with van der Waals surface area (Å²) in [7, 11) is 7.39. The summed E-state index contributed by atoms with van der Waals surface area (Å²) >= 11 is 1.67. The van der Waals surface area contributed by atoms with Gasteiger partial charge in [-0.1, -0.05) is 0 Å². The van der Waals surface area contributed by atoms with Crippen LogP contribution in [-0.2, 0) is 11.7 Å². The molecule has 0 aliphatic carbocycles. The second-order valence-corrected chi connectivity index (χ2v) is 6.75. The molecule has 22 heavy (non-hydrogen) atoms. The minimum atomic E-state index is 0.384. The van der Waals surface area contributed by atoms with Gasteiger partial charge in [0.25, 0.3) is 0 Å². The number of hydrogen-bond donors (Lipinski definition) is 0. The van der Waals surface area contributed by atoms with Gasteiger partial charge in [-0.25, -0.2) is 0 Å². The van der Waals surface area contributed by atoms with Gasteiger partial charge in [-0.15, -0.1) is 11.3 Å². The van der Waals surface area contributed by atoms with Gasteiger partial charge in [-0.2, -0.15) is 10.4 Å². The fourth-order valence-electron chi connectivity index (χ4n) is 2.73. The summed E-state index contributed by atoms with van der Waals surface area (Å²) in [5, 5.41) is 14.1. The average Bonchev–Trinajstić information content (AvgIpc) is 2.86. The number of thiophene rings is 1. The van der Waals surface area contributed by atoms with Gasteiger partial charge in [-0.3, -0.25) is 4.68 Å². The molecule has 2 heterocycles. The molecule has 0 atom stereocenters. The molecule has 0 unspecified atom stereocenters. The molecule has 2 aromatic heterocycles. The molecule has 0 fully saturated rings. The lowest BCUT2D eigenvalue weighted by Crippen LogP contribution is -1.99. The molecule has 0 aliphatic rings. The lowest BCUT2D eigenvalue weighted by Gasteiger charge is -2.12. The highest BCUT2D eigenvalue weighted by atomic mass is 32.1. The van der Waals surface area contributed by atoms with E-state index < -0.39 is 0 Å². The summed E-state index contributed by atoms with van der Waals surface area (Å²) < 4.78 is 6.91. The Morgan fingerprint density at radius 2 is 1.82 bits per heavy atom. The molecular formula is C16H18BN3OS. The highest BCUT2D eigenvalue weighted by Gasteiger charge is 2.23. The zero-order valence-corrected chi connectivity index (χ0v) is 14.6. The van der Waals surface area contributed by atoms with Crippen LogP contribution in [0, 0.1) is 45.9 Å². The van der Waals surface area contributed by atoms with Crippen molar-refractivity contribution in [1.82, 2.24) is 9.78 Å². The third kappa shape index (κ3) is 2.46. The fourth-order valence-corrected chi connectivity index (χ4v) is 3.80. The van der Waals surface area contributed by atoms with E-state index in [1.807, 2.05) is 34.7 Å². The van der Waals surface area contributed by atoms with Gasteiger partial charge in [0, 0.05) is 28.1 Å². The molecule has 0 aromatic carbocycles. The van der Waals surface area contributed by atoms with Gasteiger partial charge in [0.2, 0.25) is 0 Å². The summed E-state index contributed by atoms with van der Waals surface area (Å²) in [5.41, 5.74) is 4.94. The molecule has 4 nitrogen and oxygen atoms in total. The molecule has 2 aromatic rings. The van der Waals surface area contributed by atoms with E-state index in [0.717, 1.165) is 33.0 Å². The standard InChI is InChI=1S/C16H18BN3OS/c1-8-11(4)22-12(5)14(8)13(7-18)16(21-17)15-9(2)19-20(6)10(15)3/h1-6H3. The third-order valence-electron chi connectivity index (χ3n) is 4.00. The smallest absolute Gasteiger partial charge is 0.374 e. The first-order chi connectivity index (χ1) is 10.3. The molecular weight excluding hydrogens is 293 g/mol. The molecule has 2 rings (SSSR count). The molecule has 6 heteroatoms. The van der Waals surface area contributed by atoms with Crippen molar-refractivity contribution in [3.63, 3.8) is 0 Å². The first-order valence-electron chi connectivity index (χ1n) is 6.92. The minimum Gasteiger partial charge on any atom is -0.566 e. The summed E-state index contributed by atoms with van der Waals surface area (Å²) in [6.45, 7) is 9.89. The highest BCUT2D eigenvalue weighted by molar-refractivity contribution is 7.12. The molecule has 0 spiro atoms. The van der Waals surface area contributed by atoms with Crippen molar-refractivity contribution in [3.05, 3.63) is 37.8 Å². The number of aromatic nitrogens is 2. The quantitative estimate of drug-likeness (QED) is 0.495. The average molecular weight is 311 g/mol. The lowest BCUT2D eigenvalue weighted by molar-refractivity contribution is 0.573. The number of hydrogen-bond acceptors (Lipinski definition) is 4. The van der Waals surface area contributed by atoms with Crippen LogP contribution in [0.25, 0.3) is 11.3 Å². The minimum absolute atomic E-state index is 0.384. The number of nitriles is 1. The van der Waals surface area contributed by atoms with Gasteiger partial charge in [0.15, 0.2) is 0 Å². The van der Waals surface area contributed by atoms with E-state index >= 15 is 0 Å². The van der Waals surface area contributed by atoms with Gasteiger partial charge in [-0.05, 0) is 40.2 Å². The van der Waals surface area contributed by atoms with E-state index in [1.54, 1.807) is 16.0 Å². The molecule has 0 amide bonds. The maximum Gasteiger partial charge on any atom is 0.374 e. The SMILES string of the molecule is [B]OC(=C(C#N)c1c(C)sc(C)c1C)c1c(C)nn(C)c1C. The second kappa shape index (κ2) is 6.01.